The standard InChI is InChI=1S/C14H13ClF3N3O2S/c1-8(2)24(22,23)11-6-4-3-5-10(11)20-12-9(14(16,17)18)7-19-13(15)21-12/h3-8H,1-2H3,(H,19,20,21). The molecule has 0 atom stereocenters. The molecular weight excluding hydrogens is 367 g/mol. The van der Waals surface area contributed by atoms with Gasteiger partial charge in [0, 0.05) is 6.20 Å². The predicted molar refractivity (Wildman–Crippen MR) is 84.1 cm³/mol. The van der Waals surface area contributed by atoms with Crippen molar-refractivity contribution in [3.05, 3.63) is 41.3 Å². The molecule has 0 saturated heterocycles. The Morgan fingerprint density at radius 1 is 1.21 bits per heavy atom. The summed E-state index contributed by atoms with van der Waals surface area (Å²) < 4.78 is 63.9. The molecule has 1 N–H and O–H groups in total. The average molecular weight is 380 g/mol. The van der Waals surface area contributed by atoms with Crippen LogP contribution in [0.3, 0.4) is 0 Å². The van der Waals surface area contributed by atoms with E-state index in [-0.39, 0.29) is 10.6 Å². The fraction of sp³-hybridized carbons (Fsp3) is 0.286. The zero-order chi connectivity index (χ0) is 18.1. The Hall–Kier alpha value is -1.87. The largest absolute Gasteiger partial charge is 0.421 e. The summed E-state index contributed by atoms with van der Waals surface area (Å²) in [6, 6.07) is 5.65. The summed E-state index contributed by atoms with van der Waals surface area (Å²) in [5, 5.41) is 1.28. The average Bonchev–Trinajstić information content (AvgIpc) is 2.46. The number of hydrogen-bond acceptors (Lipinski definition) is 5. The van der Waals surface area contributed by atoms with Crippen LogP contribution in [0.15, 0.2) is 35.4 Å². The maximum atomic E-state index is 13.1. The van der Waals surface area contributed by atoms with Crippen LogP contribution in [-0.4, -0.2) is 23.6 Å². The first-order valence-electron chi connectivity index (χ1n) is 6.73. The molecule has 0 radical (unpaired) electrons. The van der Waals surface area contributed by atoms with Crippen molar-refractivity contribution in [2.24, 2.45) is 0 Å². The van der Waals surface area contributed by atoms with Gasteiger partial charge in [0.05, 0.1) is 15.8 Å². The van der Waals surface area contributed by atoms with Gasteiger partial charge in [0.2, 0.25) is 5.28 Å². The Labute approximate surface area is 141 Å². The Kier molecular flexibility index (Phi) is 5.05. The molecular formula is C14H13ClF3N3O2S. The van der Waals surface area contributed by atoms with E-state index in [2.05, 4.69) is 15.3 Å². The fourth-order valence-electron chi connectivity index (χ4n) is 1.86. The number of benzene rings is 1. The van der Waals surface area contributed by atoms with Gasteiger partial charge in [-0.1, -0.05) is 12.1 Å². The van der Waals surface area contributed by atoms with Crippen LogP contribution in [0.25, 0.3) is 0 Å². The third kappa shape index (κ3) is 3.78. The topological polar surface area (TPSA) is 72.0 Å². The van der Waals surface area contributed by atoms with Crippen molar-refractivity contribution < 1.29 is 21.6 Å². The van der Waals surface area contributed by atoms with Gasteiger partial charge >= 0.3 is 6.18 Å². The van der Waals surface area contributed by atoms with E-state index < -0.39 is 37.9 Å². The summed E-state index contributed by atoms with van der Waals surface area (Å²) in [5.41, 5.74) is -1.17. The molecule has 0 amide bonds. The van der Waals surface area contributed by atoms with Crippen molar-refractivity contribution in [3.8, 4) is 0 Å². The number of hydrogen-bond donors (Lipinski definition) is 1. The summed E-state index contributed by atoms with van der Waals surface area (Å²) in [6.07, 6.45) is -4.18. The lowest BCUT2D eigenvalue weighted by atomic mass is 10.2. The van der Waals surface area contributed by atoms with Crippen LogP contribution in [0.4, 0.5) is 24.7 Å². The van der Waals surface area contributed by atoms with Gasteiger partial charge in [-0.2, -0.15) is 18.2 Å². The van der Waals surface area contributed by atoms with Crippen LogP contribution in [0.5, 0.6) is 0 Å². The van der Waals surface area contributed by atoms with E-state index in [0.717, 1.165) is 0 Å². The number of para-hydroxylation sites is 1. The van der Waals surface area contributed by atoms with Crippen LogP contribution >= 0.6 is 11.6 Å². The van der Waals surface area contributed by atoms with Crippen molar-refractivity contribution in [1.82, 2.24) is 9.97 Å². The second-order valence-corrected chi connectivity index (χ2v) is 7.92. The molecule has 0 unspecified atom stereocenters. The van der Waals surface area contributed by atoms with Crippen molar-refractivity contribution >= 4 is 32.9 Å². The molecule has 0 aliphatic rings. The van der Waals surface area contributed by atoms with Crippen molar-refractivity contribution in [2.45, 2.75) is 30.2 Å². The van der Waals surface area contributed by atoms with E-state index in [1.54, 1.807) is 0 Å². The zero-order valence-electron chi connectivity index (χ0n) is 12.6. The molecule has 0 bridgehead atoms. The Morgan fingerprint density at radius 3 is 2.42 bits per heavy atom. The van der Waals surface area contributed by atoms with Gasteiger partial charge in [-0.25, -0.2) is 13.4 Å². The first-order valence-corrected chi connectivity index (χ1v) is 8.65. The minimum Gasteiger partial charge on any atom is -0.339 e. The van der Waals surface area contributed by atoms with Gasteiger partial charge in [0.15, 0.2) is 9.84 Å². The first-order chi connectivity index (χ1) is 11.0. The highest BCUT2D eigenvalue weighted by molar-refractivity contribution is 7.92. The summed E-state index contributed by atoms with van der Waals surface area (Å²) >= 11 is 5.57. The van der Waals surface area contributed by atoms with E-state index in [4.69, 9.17) is 11.6 Å². The van der Waals surface area contributed by atoms with Gasteiger partial charge in [-0.05, 0) is 37.6 Å². The molecule has 1 aromatic carbocycles. The Bertz CT molecular complexity index is 855. The maximum absolute atomic E-state index is 13.1. The van der Waals surface area contributed by atoms with Crippen LogP contribution < -0.4 is 5.32 Å². The molecule has 1 aromatic heterocycles. The second-order valence-electron chi connectivity index (χ2n) is 5.11. The number of nitrogens with one attached hydrogen (secondary N) is 1. The second kappa shape index (κ2) is 6.56. The van der Waals surface area contributed by atoms with E-state index in [9.17, 15) is 21.6 Å². The summed E-state index contributed by atoms with van der Waals surface area (Å²) in [5.74, 6) is -0.617. The lowest BCUT2D eigenvalue weighted by Gasteiger charge is -2.16. The molecule has 1 heterocycles. The highest BCUT2D eigenvalue weighted by Gasteiger charge is 2.35. The predicted octanol–water partition coefficient (Wildman–Crippen LogP) is 4.07. The van der Waals surface area contributed by atoms with Gasteiger partial charge in [0.1, 0.15) is 11.4 Å². The van der Waals surface area contributed by atoms with Crippen LogP contribution in [0.1, 0.15) is 19.4 Å². The van der Waals surface area contributed by atoms with Crippen molar-refractivity contribution in [3.63, 3.8) is 0 Å². The molecule has 24 heavy (non-hydrogen) atoms. The van der Waals surface area contributed by atoms with Crippen LogP contribution in [0, 0.1) is 0 Å². The molecule has 0 saturated carbocycles. The third-order valence-electron chi connectivity index (χ3n) is 3.13. The van der Waals surface area contributed by atoms with Crippen molar-refractivity contribution in [2.75, 3.05) is 5.32 Å². The molecule has 5 nitrogen and oxygen atoms in total. The number of nitrogens with zero attached hydrogens (tertiary/aromatic N) is 2. The molecule has 2 aromatic rings. The molecule has 2 rings (SSSR count). The highest BCUT2D eigenvalue weighted by Crippen LogP contribution is 2.36. The highest BCUT2D eigenvalue weighted by atomic mass is 35.5. The van der Waals surface area contributed by atoms with E-state index >= 15 is 0 Å². The summed E-state index contributed by atoms with van der Waals surface area (Å²) in [7, 11) is -3.71. The first kappa shape index (κ1) is 18.5. The monoisotopic (exact) mass is 379 g/mol. The summed E-state index contributed by atoms with van der Waals surface area (Å²) in [6.45, 7) is 2.96. The number of aromatic nitrogens is 2. The summed E-state index contributed by atoms with van der Waals surface area (Å²) in [4.78, 5) is 6.73. The van der Waals surface area contributed by atoms with Gasteiger partial charge in [-0.3, -0.25) is 0 Å². The molecule has 10 heteroatoms. The van der Waals surface area contributed by atoms with Crippen LogP contribution in [-0.2, 0) is 16.0 Å². The van der Waals surface area contributed by atoms with E-state index in [0.29, 0.717) is 6.20 Å². The minimum absolute atomic E-state index is 0.0218. The smallest absolute Gasteiger partial charge is 0.339 e. The Morgan fingerprint density at radius 2 is 1.83 bits per heavy atom. The van der Waals surface area contributed by atoms with Crippen molar-refractivity contribution in [1.29, 1.82) is 0 Å². The number of sulfone groups is 1. The maximum Gasteiger partial charge on any atom is 0.421 e. The lowest BCUT2D eigenvalue weighted by Crippen LogP contribution is -2.17. The van der Waals surface area contributed by atoms with Crippen LogP contribution in [0.2, 0.25) is 5.28 Å². The van der Waals surface area contributed by atoms with E-state index in [1.165, 1.54) is 38.1 Å². The number of anilines is 2. The molecule has 0 spiro atoms. The van der Waals surface area contributed by atoms with Gasteiger partial charge < -0.3 is 5.32 Å². The SMILES string of the molecule is CC(C)S(=O)(=O)c1ccccc1Nc1nc(Cl)ncc1C(F)(F)F. The fourth-order valence-corrected chi connectivity index (χ4v) is 3.20. The zero-order valence-corrected chi connectivity index (χ0v) is 14.2. The third-order valence-corrected chi connectivity index (χ3v) is 5.52. The van der Waals surface area contributed by atoms with E-state index in [1.807, 2.05) is 0 Å². The Balaban J connectivity index is 2.57. The lowest BCUT2D eigenvalue weighted by molar-refractivity contribution is -0.137. The normalized spacial score (nSPS) is 12.5. The molecule has 130 valence electrons. The quantitative estimate of drug-likeness (QED) is 0.810. The number of alkyl halides is 3. The molecule has 0 fully saturated rings. The van der Waals surface area contributed by atoms with Gasteiger partial charge in [0.25, 0.3) is 0 Å². The minimum atomic E-state index is -4.72. The molecule has 0 aliphatic carbocycles. The number of rotatable bonds is 4. The molecule has 0 aliphatic heterocycles. The van der Waals surface area contributed by atoms with Gasteiger partial charge in [-0.15, -0.1) is 0 Å². The number of halogens is 4.